The minimum atomic E-state index is -4.26. The van der Waals surface area contributed by atoms with Crippen molar-refractivity contribution in [3.05, 3.63) is 59.3 Å². The van der Waals surface area contributed by atoms with Crippen LogP contribution in [0.5, 0.6) is 0 Å². The van der Waals surface area contributed by atoms with Crippen molar-refractivity contribution >= 4 is 27.2 Å². The van der Waals surface area contributed by atoms with Crippen LogP contribution in [0.3, 0.4) is 0 Å². The Morgan fingerprint density at radius 1 is 1.09 bits per heavy atom. The summed E-state index contributed by atoms with van der Waals surface area (Å²) >= 11 is 1.21. The fourth-order valence-corrected chi connectivity index (χ4v) is 4.21. The molecule has 0 radical (unpaired) electrons. The van der Waals surface area contributed by atoms with Gasteiger partial charge in [0.1, 0.15) is 5.01 Å². The molecule has 0 spiro atoms. The summed E-state index contributed by atoms with van der Waals surface area (Å²) in [5.74, 6) is 0.619. The number of nitrogens with one attached hydrogen (secondary N) is 1. The summed E-state index contributed by atoms with van der Waals surface area (Å²) in [4.78, 5) is 5.08. The van der Waals surface area contributed by atoms with Crippen LogP contribution in [0.2, 0.25) is 0 Å². The number of aryl methyl sites for hydroxylation is 1. The number of hydrogen-bond donors (Lipinski definition) is 1. The van der Waals surface area contributed by atoms with Gasteiger partial charge in [-0.2, -0.15) is 27.9 Å². The first kappa shape index (κ1) is 20.5. The molecule has 1 aromatic carbocycles. The Balaban J connectivity index is 1.37. The van der Waals surface area contributed by atoms with E-state index >= 15 is 0 Å². The predicted octanol–water partition coefficient (Wildman–Crippen LogP) is 3.38. The molecule has 8 nitrogen and oxygen atoms in total. The number of aromatic nitrogens is 7. The zero-order valence-corrected chi connectivity index (χ0v) is 17.7. The first-order valence-corrected chi connectivity index (χ1v) is 10.5. The van der Waals surface area contributed by atoms with E-state index in [-0.39, 0.29) is 6.54 Å². The van der Waals surface area contributed by atoms with Gasteiger partial charge >= 0.3 is 6.18 Å². The molecule has 0 atom stereocenters. The second-order valence-electron chi connectivity index (χ2n) is 7.36. The van der Waals surface area contributed by atoms with E-state index in [2.05, 4.69) is 36.8 Å². The Labute approximate surface area is 183 Å². The lowest BCUT2D eigenvalue weighted by atomic mass is 10.0. The maximum atomic E-state index is 12.3. The summed E-state index contributed by atoms with van der Waals surface area (Å²) in [5, 5.41) is 20.7. The normalized spacial score (nSPS) is 12.2. The molecule has 0 fully saturated rings. The van der Waals surface area contributed by atoms with Gasteiger partial charge in [-0.25, -0.2) is 0 Å². The summed E-state index contributed by atoms with van der Waals surface area (Å²) < 4.78 is 40.3. The van der Waals surface area contributed by atoms with E-state index in [4.69, 9.17) is 0 Å². The van der Waals surface area contributed by atoms with E-state index in [9.17, 15) is 13.2 Å². The maximum absolute atomic E-state index is 12.3. The van der Waals surface area contributed by atoms with Crippen molar-refractivity contribution in [3.8, 4) is 11.1 Å². The number of nitrogens with zero attached hydrogens (tertiary/aromatic N) is 7. The molecule has 4 heterocycles. The number of fused-ring (bicyclic) bond motifs is 2. The lowest BCUT2D eigenvalue weighted by Crippen LogP contribution is -2.28. The van der Waals surface area contributed by atoms with Gasteiger partial charge in [-0.05, 0) is 23.8 Å². The molecule has 5 rings (SSSR count). The van der Waals surface area contributed by atoms with Crippen LogP contribution in [-0.2, 0) is 20.0 Å². The molecule has 0 saturated heterocycles. The minimum Gasteiger partial charge on any atom is -0.302 e. The Hall–Kier alpha value is -3.38. The van der Waals surface area contributed by atoms with Gasteiger partial charge in [0.15, 0.2) is 5.82 Å². The second-order valence-corrected chi connectivity index (χ2v) is 8.40. The van der Waals surface area contributed by atoms with Gasteiger partial charge in [-0.15, -0.1) is 10.2 Å². The molecule has 0 aliphatic carbocycles. The van der Waals surface area contributed by atoms with Crippen LogP contribution in [-0.4, -0.2) is 47.3 Å². The van der Waals surface area contributed by atoms with Gasteiger partial charge in [0.25, 0.3) is 0 Å². The standard InChI is InChI=1S/C20H17F3N8S/c1-30-10-15(8-26-30)14-6-13-4-12(2-3-16(13)25-7-14)5-17-27-28-19-31(17)29-18(32-19)9-24-11-20(21,22)23/h2-4,6-8,10,24H,5,9,11H2,1H3. The summed E-state index contributed by atoms with van der Waals surface area (Å²) in [5.41, 5.74) is 3.84. The van der Waals surface area contributed by atoms with Gasteiger partial charge in [0.05, 0.1) is 24.8 Å². The topological polar surface area (TPSA) is 85.8 Å². The highest BCUT2D eigenvalue weighted by molar-refractivity contribution is 7.16. The summed E-state index contributed by atoms with van der Waals surface area (Å²) in [6, 6.07) is 8.03. The fraction of sp³-hybridized carbons (Fsp3) is 0.250. The van der Waals surface area contributed by atoms with Crippen molar-refractivity contribution in [2.75, 3.05) is 6.54 Å². The van der Waals surface area contributed by atoms with E-state index in [1.807, 2.05) is 37.6 Å². The van der Waals surface area contributed by atoms with Gasteiger partial charge in [0, 0.05) is 42.4 Å². The van der Waals surface area contributed by atoms with E-state index in [0.29, 0.717) is 22.2 Å². The monoisotopic (exact) mass is 458 g/mol. The average molecular weight is 458 g/mol. The molecule has 5 aromatic rings. The first-order chi connectivity index (χ1) is 15.3. The van der Waals surface area contributed by atoms with Gasteiger partial charge in [0.2, 0.25) is 4.96 Å². The number of alkyl halides is 3. The number of rotatable bonds is 6. The molecule has 0 bridgehead atoms. The fourth-order valence-electron chi connectivity index (χ4n) is 3.39. The molecule has 164 valence electrons. The van der Waals surface area contributed by atoms with E-state index in [0.717, 1.165) is 27.6 Å². The molecule has 1 N–H and O–H groups in total. The Kier molecular flexibility index (Phi) is 5.10. The largest absolute Gasteiger partial charge is 0.401 e. The molecule has 0 aliphatic heterocycles. The minimum absolute atomic E-state index is 0.0196. The van der Waals surface area contributed by atoms with Crippen molar-refractivity contribution in [2.45, 2.75) is 19.1 Å². The van der Waals surface area contributed by atoms with Crippen LogP contribution in [0.1, 0.15) is 16.4 Å². The lowest BCUT2D eigenvalue weighted by molar-refractivity contribution is -0.125. The van der Waals surface area contributed by atoms with Crippen molar-refractivity contribution < 1.29 is 13.2 Å². The van der Waals surface area contributed by atoms with E-state index < -0.39 is 12.7 Å². The summed E-state index contributed by atoms with van der Waals surface area (Å²) in [6.45, 7) is -1.04. The SMILES string of the molecule is Cn1cc(-c2cnc3ccc(Cc4nnc5sc(CNCC(F)(F)F)nn45)cc3c2)cn1. The average Bonchev–Trinajstić information content (AvgIpc) is 3.44. The van der Waals surface area contributed by atoms with Crippen LogP contribution in [0.4, 0.5) is 13.2 Å². The van der Waals surface area contributed by atoms with Crippen molar-refractivity contribution in [1.82, 2.24) is 39.9 Å². The summed E-state index contributed by atoms with van der Waals surface area (Å²) in [7, 11) is 1.87. The van der Waals surface area contributed by atoms with Crippen molar-refractivity contribution in [1.29, 1.82) is 0 Å². The number of hydrogen-bond acceptors (Lipinski definition) is 7. The summed E-state index contributed by atoms with van der Waals surface area (Å²) in [6.07, 6.45) is 1.77. The molecule has 0 unspecified atom stereocenters. The predicted molar refractivity (Wildman–Crippen MR) is 113 cm³/mol. The quantitative estimate of drug-likeness (QED) is 0.420. The zero-order chi connectivity index (χ0) is 22.3. The highest BCUT2D eigenvalue weighted by atomic mass is 32.1. The smallest absolute Gasteiger partial charge is 0.302 e. The number of pyridine rings is 1. The first-order valence-electron chi connectivity index (χ1n) is 9.69. The van der Waals surface area contributed by atoms with Crippen LogP contribution in [0, 0.1) is 0 Å². The molecular weight excluding hydrogens is 441 g/mol. The second kappa shape index (κ2) is 7.95. The third kappa shape index (κ3) is 4.32. The van der Waals surface area contributed by atoms with Crippen LogP contribution >= 0.6 is 11.3 Å². The number of benzene rings is 1. The highest BCUT2D eigenvalue weighted by Gasteiger charge is 2.26. The molecular formula is C20H17F3N8S. The maximum Gasteiger partial charge on any atom is 0.401 e. The van der Waals surface area contributed by atoms with Gasteiger partial charge < -0.3 is 5.32 Å². The van der Waals surface area contributed by atoms with Gasteiger partial charge in [-0.1, -0.05) is 17.4 Å². The van der Waals surface area contributed by atoms with Crippen molar-refractivity contribution in [2.24, 2.45) is 7.05 Å². The highest BCUT2D eigenvalue weighted by Crippen LogP contribution is 2.24. The van der Waals surface area contributed by atoms with E-state index in [1.54, 1.807) is 15.4 Å². The van der Waals surface area contributed by atoms with Crippen LogP contribution < -0.4 is 5.32 Å². The number of halogens is 3. The van der Waals surface area contributed by atoms with Crippen molar-refractivity contribution in [3.63, 3.8) is 0 Å². The van der Waals surface area contributed by atoms with E-state index in [1.165, 1.54) is 11.3 Å². The molecule has 32 heavy (non-hydrogen) atoms. The lowest BCUT2D eigenvalue weighted by Gasteiger charge is -2.05. The third-order valence-electron chi connectivity index (χ3n) is 4.85. The zero-order valence-electron chi connectivity index (χ0n) is 16.8. The third-order valence-corrected chi connectivity index (χ3v) is 5.74. The Morgan fingerprint density at radius 2 is 1.97 bits per heavy atom. The molecule has 0 saturated carbocycles. The Bertz CT molecular complexity index is 1400. The van der Waals surface area contributed by atoms with Crippen LogP contribution in [0.15, 0.2) is 42.9 Å². The molecule has 0 aliphatic rings. The van der Waals surface area contributed by atoms with Crippen LogP contribution in [0.25, 0.3) is 27.0 Å². The molecule has 0 amide bonds. The van der Waals surface area contributed by atoms with Gasteiger partial charge in [-0.3, -0.25) is 9.67 Å². The Morgan fingerprint density at radius 3 is 2.75 bits per heavy atom. The molecule has 12 heteroatoms. The molecule has 4 aromatic heterocycles.